The summed E-state index contributed by atoms with van der Waals surface area (Å²) in [5.41, 5.74) is 0.762. The van der Waals surface area contributed by atoms with Gasteiger partial charge in [-0.15, -0.1) is 0 Å². The first-order chi connectivity index (χ1) is 11.0. The van der Waals surface area contributed by atoms with E-state index in [1.807, 2.05) is 26.0 Å². The van der Waals surface area contributed by atoms with E-state index in [4.69, 9.17) is 9.47 Å². The average Bonchev–Trinajstić information content (AvgIpc) is 2.56. The molecule has 1 aromatic heterocycles. The maximum Gasteiger partial charge on any atom is 0.218 e. The Morgan fingerprint density at radius 2 is 2.13 bits per heavy atom. The van der Waals surface area contributed by atoms with Crippen molar-refractivity contribution in [2.45, 2.75) is 45.8 Å². The molecule has 0 atom stereocenters. The summed E-state index contributed by atoms with van der Waals surface area (Å²) in [4.78, 5) is 8.53. The van der Waals surface area contributed by atoms with E-state index in [9.17, 15) is 0 Å². The molecular formula is C17H30N4O2. The molecule has 6 heteroatoms. The van der Waals surface area contributed by atoms with Gasteiger partial charge in [0.1, 0.15) is 0 Å². The molecule has 1 rings (SSSR count). The van der Waals surface area contributed by atoms with Gasteiger partial charge in [0.15, 0.2) is 5.96 Å². The molecule has 130 valence electrons. The minimum absolute atomic E-state index is 0.250. The molecule has 0 spiro atoms. The highest BCUT2D eigenvalue weighted by Crippen LogP contribution is 2.14. The largest absolute Gasteiger partial charge is 0.477 e. The van der Waals surface area contributed by atoms with Gasteiger partial charge < -0.3 is 20.1 Å². The molecule has 0 radical (unpaired) electrons. The Morgan fingerprint density at radius 3 is 2.78 bits per heavy atom. The summed E-state index contributed by atoms with van der Waals surface area (Å²) < 4.78 is 11.1. The van der Waals surface area contributed by atoms with Crippen molar-refractivity contribution in [3.8, 4) is 5.88 Å². The molecule has 0 aliphatic rings. The quantitative estimate of drug-likeness (QED) is 0.415. The summed E-state index contributed by atoms with van der Waals surface area (Å²) in [5, 5.41) is 6.53. The smallest absolute Gasteiger partial charge is 0.218 e. The number of hydrogen-bond donors (Lipinski definition) is 2. The van der Waals surface area contributed by atoms with Crippen LogP contribution in [-0.2, 0) is 11.3 Å². The third-order valence-electron chi connectivity index (χ3n) is 3.49. The molecule has 2 N–H and O–H groups in total. The van der Waals surface area contributed by atoms with Gasteiger partial charge in [-0.2, -0.15) is 0 Å². The molecule has 6 nitrogen and oxygen atoms in total. The number of pyridine rings is 1. The molecule has 0 amide bonds. The SMILES string of the molecule is CCCCOc1ncccc1CNC(=NC)NCC(C)(C)OC. The fourth-order valence-corrected chi connectivity index (χ4v) is 1.77. The number of methoxy groups -OCH3 is 1. The topological polar surface area (TPSA) is 67.8 Å². The second kappa shape index (κ2) is 10.0. The van der Waals surface area contributed by atoms with E-state index in [-0.39, 0.29) is 5.60 Å². The van der Waals surface area contributed by atoms with E-state index < -0.39 is 0 Å². The lowest BCUT2D eigenvalue weighted by Crippen LogP contribution is -2.45. The van der Waals surface area contributed by atoms with Crippen LogP contribution in [0.25, 0.3) is 0 Å². The Bertz CT molecular complexity index is 489. The second-order valence-corrected chi connectivity index (χ2v) is 5.91. The summed E-state index contributed by atoms with van der Waals surface area (Å²) in [5.74, 6) is 1.40. The highest BCUT2D eigenvalue weighted by atomic mass is 16.5. The van der Waals surface area contributed by atoms with Crippen LogP contribution in [0, 0.1) is 0 Å². The summed E-state index contributed by atoms with van der Waals surface area (Å²) in [6, 6.07) is 3.92. The number of aromatic nitrogens is 1. The van der Waals surface area contributed by atoms with E-state index >= 15 is 0 Å². The lowest BCUT2D eigenvalue weighted by Gasteiger charge is -2.24. The number of nitrogens with zero attached hydrogens (tertiary/aromatic N) is 2. The number of guanidine groups is 1. The van der Waals surface area contributed by atoms with Crippen molar-refractivity contribution < 1.29 is 9.47 Å². The monoisotopic (exact) mass is 322 g/mol. The average molecular weight is 322 g/mol. The molecule has 0 aliphatic carbocycles. The molecule has 0 unspecified atom stereocenters. The zero-order valence-corrected chi connectivity index (χ0v) is 15.0. The van der Waals surface area contributed by atoms with Gasteiger partial charge in [0, 0.05) is 39.0 Å². The highest BCUT2D eigenvalue weighted by Gasteiger charge is 2.16. The van der Waals surface area contributed by atoms with E-state index in [0.29, 0.717) is 25.6 Å². The van der Waals surface area contributed by atoms with Crippen LogP contribution in [-0.4, -0.2) is 43.9 Å². The van der Waals surface area contributed by atoms with Crippen LogP contribution in [0.2, 0.25) is 0 Å². The van der Waals surface area contributed by atoms with E-state index in [2.05, 4.69) is 27.5 Å². The minimum atomic E-state index is -0.250. The van der Waals surface area contributed by atoms with E-state index in [0.717, 1.165) is 24.4 Å². The number of ether oxygens (including phenoxy) is 2. The first-order valence-electron chi connectivity index (χ1n) is 8.08. The molecule has 1 aromatic rings. The number of rotatable bonds is 9. The van der Waals surface area contributed by atoms with Crippen LogP contribution >= 0.6 is 0 Å². The summed E-state index contributed by atoms with van der Waals surface area (Å²) in [6.07, 6.45) is 3.88. The van der Waals surface area contributed by atoms with Gasteiger partial charge in [-0.05, 0) is 26.3 Å². The van der Waals surface area contributed by atoms with Crippen LogP contribution in [0.3, 0.4) is 0 Å². The number of hydrogen-bond acceptors (Lipinski definition) is 4. The standard InChI is InChI=1S/C17H30N4O2/c1-6-7-11-23-15-14(9-8-10-19-15)12-20-16(18-4)21-13-17(2,3)22-5/h8-10H,6-7,11-13H2,1-5H3,(H2,18,20,21). The maximum absolute atomic E-state index is 5.74. The van der Waals surface area contributed by atoms with Crippen molar-refractivity contribution in [1.29, 1.82) is 0 Å². The van der Waals surface area contributed by atoms with Crippen LogP contribution in [0.4, 0.5) is 0 Å². The molecule has 0 aromatic carbocycles. The maximum atomic E-state index is 5.74. The van der Waals surface area contributed by atoms with Crippen LogP contribution in [0.5, 0.6) is 5.88 Å². The normalized spacial score (nSPS) is 12.1. The van der Waals surface area contributed by atoms with Crippen molar-refractivity contribution in [2.75, 3.05) is 27.3 Å². The van der Waals surface area contributed by atoms with Crippen molar-refractivity contribution in [2.24, 2.45) is 4.99 Å². The number of nitrogens with one attached hydrogen (secondary N) is 2. The molecular weight excluding hydrogens is 292 g/mol. The number of unbranched alkanes of at least 4 members (excludes halogenated alkanes) is 1. The van der Waals surface area contributed by atoms with Gasteiger partial charge in [-0.3, -0.25) is 4.99 Å². The Hall–Kier alpha value is -1.82. The molecule has 23 heavy (non-hydrogen) atoms. The van der Waals surface area contributed by atoms with Crippen molar-refractivity contribution >= 4 is 5.96 Å². The van der Waals surface area contributed by atoms with Crippen LogP contribution in [0.15, 0.2) is 23.3 Å². The minimum Gasteiger partial charge on any atom is -0.477 e. The van der Waals surface area contributed by atoms with Gasteiger partial charge in [0.25, 0.3) is 0 Å². The van der Waals surface area contributed by atoms with Crippen LogP contribution < -0.4 is 15.4 Å². The molecule has 1 heterocycles. The third-order valence-corrected chi connectivity index (χ3v) is 3.49. The summed E-state index contributed by atoms with van der Waals surface area (Å²) >= 11 is 0. The third kappa shape index (κ3) is 7.32. The Labute approximate surface area is 139 Å². The van der Waals surface area contributed by atoms with Crippen LogP contribution in [0.1, 0.15) is 39.2 Å². The van der Waals surface area contributed by atoms with Gasteiger partial charge in [0.05, 0.1) is 12.2 Å². The predicted molar refractivity (Wildman–Crippen MR) is 93.9 cm³/mol. The van der Waals surface area contributed by atoms with Gasteiger partial charge >= 0.3 is 0 Å². The summed E-state index contributed by atoms with van der Waals surface area (Å²) in [6.45, 7) is 8.14. The fourth-order valence-electron chi connectivity index (χ4n) is 1.77. The first-order valence-corrected chi connectivity index (χ1v) is 8.08. The second-order valence-electron chi connectivity index (χ2n) is 5.91. The molecule has 0 bridgehead atoms. The van der Waals surface area contributed by atoms with E-state index in [1.54, 1.807) is 20.4 Å². The van der Waals surface area contributed by atoms with E-state index in [1.165, 1.54) is 0 Å². The number of aliphatic imine (C=N–C) groups is 1. The molecule has 0 saturated carbocycles. The van der Waals surface area contributed by atoms with Gasteiger partial charge in [-0.1, -0.05) is 19.4 Å². The summed E-state index contributed by atoms with van der Waals surface area (Å²) in [7, 11) is 3.45. The van der Waals surface area contributed by atoms with Crippen molar-refractivity contribution in [3.05, 3.63) is 23.9 Å². The predicted octanol–water partition coefficient (Wildman–Crippen LogP) is 2.35. The zero-order chi connectivity index (χ0) is 17.1. The van der Waals surface area contributed by atoms with Gasteiger partial charge in [0.2, 0.25) is 5.88 Å². The fraction of sp³-hybridized carbons (Fsp3) is 0.647. The highest BCUT2D eigenvalue weighted by molar-refractivity contribution is 5.79. The Balaban J connectivity index is 2.55. The van der Waals surface area contributed by atoms with Crippen molar-refractivity contribution in [3.63, 3.8) is 0 Å². The lowest BCUT2D eigenvalue weighted by molar-refractivity contribution is 0.0268. The molecule has 0 saturated heterocycles. The Kier molecular flexibility index (Phi) is 8.40. The lowest BCUT2D eigenvalue weighted by atomic mass is 10.1. The Morgan fingerprint density at radius 1 is 1.35 bits per heavy atom. The first kappa shape index (κ1) is 19.2. The van der Waals surface area contributed by atoms with Crippen molar-refractivity contribution in [1.82, 2.24) is 15.6 Å². The van der Waals surface area contributed by atoms with Gasteiger partial charge in [-0.25, -0.2) is 4.98 Å². The molecule has 0 fully saturated rings. The zero-order valence-electron chi connectivity index (χ0n) is 15.0. The molecule has 0 aliphatic heterocycles.